The Kier molecular flexibility index (Phi) is 2.22. The van der Waals surface area contributed by atoms with E-state index in [2.05, 4.69) is 6.07 Å². The molecule has 2 rings (SSSR count). The molecule has 0 aromatic heterocycles. The van der Waals surface area contributed by atoms with Crippen LogP contribution in [0.4, 0.5) is 0 Å². The molecule has 0 atom stereocenters. The van der Waals surface area contributed by atoms with Gasteiger partial charge in [-0.2, -0.15) is 5.26 Å². The zero-order valence-corrected chi connectivity index (χ0v) is 8.39. The zero-order chi connectivity index (χ0) is 10.1. The summed E-state index contributed by atoms with van der Waals surface area (Å²) in [6.07, 6.45) is 0.728. The summed E-state index contributed by atoms with van der Waals surface area (Å²) < 4.78 is 10.5. The predicted molar refractivity (Wildman–Crippen MR) is 51.7 cm³/mol. The molecule has 1 aliphatic heterocycles. The summed E-state index contributed by atoms with van der Waals surface area (Å²) in [7, 11) is 0. The molecular formula is C10H8ClNO2. The second-order valence-electron chi connectivity index (χ2n) is 2.91. The lowest BCUT2D eigenvalue weighted by atomic mass is 10.0. The Balaban J connectivity index is 2.69. The molecule has 0 saturated carbocycles. The lowest BCUT2D eigenvalue weighted by Gasteiger charge is -2.06. The molecule has 0 radical (unpaired) electrons. The zero-order valence-electron chi connectivity index (χ0n) is 7.63. The van der Waals surface area contributed by atoms with Gasteiger partial charge < -0.3 is 9.47 Å². The van der Waals surface area contributed by atoms with Gasteiger partial charge in [-0.25, -0.2) is 0 Å². The van der Waals surface area contributed by atoms with Gasteiger partial charge in [0.25, 0.3) is 0 Å². The van der Waals surface area contributed by atoms with Crippen LogP contribution >= 0.6 is 11.6 Å². The molecule has 0 amide bonds. The van der Waals surface area contributed by atoms with Crippen LogP contribution in [0.2, 0.25) is 5.02 Å². The van der Waals surface area contributed by atoms with E-state index in [9.17, 15) is 0 Å². The molecule has 1 aromatic rings. The lowest BCUT2D eigenvalue weighted by molar-refractivity contribution is 0.173. The maximum atomic E-state index is 8.90. The number of nitriles is 1. The van der Waals surface area contributed by atoms with E-state index in [0.29, 0.717) is 22.1 Å². The summed E-state index contributed by atoms with van der Waals surface area (Å²) in [5, 5.41) is 9.34. The van der Waals surface area contributed by atoms with Crippen molar-refractivity contribution in [2.75, 3.05) is 6.79 Å². The van der Waals surface area contributed by atoms with E-state index in [4.69, 9.17) is 26.3 Å². The van der Waals surface area contributed by atoms with Crippen molar-refractivity contribution in [1.29, 1.82) is 5.26 Å². The molecule has 0 saturated heterocycles. The third-order valence-electron chi connectivity index (χ3n) is 2.17. The normalized spacial score (nSPS) is 12.6. The van der Waals surface area contributed by atoms with Crippen molar-refractivity contribution in [2.45, 2.75) is 13.3 Å². The highest BCUT2D eigenvalue weighted by molar-refractivity contribution is 6.32. The third-order valence-corrected chi connectivity index (χ3v) is 2.45. The molecule has 1 heterocycles. The first-order chi connectivity index (χ1) is 6.77. The highest BCUT2D eigenvalue weighted by atomic mass is 35.5. The number of fused-ring (bicyclic) bond motifs is 1. The first-order valence-electron chi connectivity index (χ1n) is 4.29. The van der Waals surface area contributed by atoms with Crippen LogP contribution in [-0.4, -0.2) is 6.79 Å². The number of hydrogen-bond acceptors (Lipinski definition) is 3. The van der Waals surface area contributed by atoms with Gasteiger partial charge in [0.05, 0.1) is 16.7 Å². The van der Waals surface area contributed by atoms with Gasteiger partial charge in [0.15, 0.2) is 11.5 Å². The lowest BCUT2D eigenvalue weighted by Crippen LogP contribution is -1.95. The summed E-state index contributed by atoms with van der Waals surface area (Å²) >= 11 is 5.93. The van der Waals surface area contributed by atoms with Crippen molar-refractivity contribution < 1.29 is 9.47 Å². The highest BCUT2D eigenvalue weighted by Gasteiger charge is 2.23. The fourth-order valence-corrected chi connectivity index (χ4v) is 1.78. The van der Waals surface area contributed by atoms with E-state index in [-0.39, 0.29) is 6.79 Å². The Morgan fingerprint density at radius 1 is 1.50 bits per heavy atom. The number of rotatable bonds is 1. The number of halogens is 1. The van der Waals surface area contributed by atoms with Crippen molar-refractivity contribution in [2.24, 2.45) is 0 Å². The van der Waals surface area contributed by atoms with E-state index in [0.717, 1.165) is 12.0 Å². The number of benzene rings is 1. The summed E-state index contributed by atoms with van der Waals surface area (Å²) in [6, 6.07) is 3.72. The molecule has 72 valence electrons. The van der Waals surface area contributed by atoms with Crippen molar-refractivity contribution in [3.05, 3.63) is 22.2 Å². The Morgan fingerprint density at radius 3 is 2.86 bits per heavy atom. The number of ether oxygens (including phenoxy) is 2. The van der Waals surface area contributed by atoms with E-state index in [1.807, 2.05) is 6.92 Å². The molecule has 0 bridgehead atoms. The molecule has 0 spiro atoms. The Bertz CT molecular complexity index is 423. The predicted octanol–water partition coefficient (Wildman–Crippen LogP) is 2.50. The standard InChI is InChI=1S/C10H8ClNO2/c1-2-7-6(4-12)3-8(11)10-9(7)13-5-14-10/h3H,2,5H2,1H3. The van der Waals surface area contributed by atoms with Crippen LogP contribution in [-0.2, 0) is 6.42 Å². The Labute approximate surface area is 86.8 Å². The molecular weight excluding hydrogens is 202 g/mol. The minimum absolute atomic E-state index is 0.178. The van der Waals surface area contributed by atoms with E-state index >= 15 is 0 Å². The van der Waals surface area contributed by atoms with Crippen LogP contribution in [0.1, 0.15) is 18.1 Å². The van der Waals surface area contributed by atoms with Gasteiger partial charge in [-0.05, 0) is 12.5 Å². The van der Waals surface area contributed by atoms with Gasteiger partial charge in [0.1, 0.15) is 0 Å². The van der Waals surface area contributed by atoms with Gasteiger partial charge >= 0.3 is 0 Å². The van der Waals surface area contributed by atoms with Crippen molar-refractivity contribution >= 4 is 11.6 Å². The molecule has 3 nitrogen and oxygen atoms in total. The smallest absolute Gasteiger partial charge is 0.231 e. The van der Waals surface area contributed by atoms with Crippen LogP contribution in [0.3, 0.4) is 0 Å². The molecule has 0 N–H and O–H groups in total. The minimum Gasteiger partial charge on any atom is -0.453 e. The maximum absolute atomic E-state index is 8.90. The van der Waals surface area contributed by atoms with Crippen molar-refractivity contribution in [1.82, 2.24) is 0 Å². The van der Waals surface area contributed by atoms with Gasteiger partial charge in [-0.1, -0.05) is 18.5 Å². The fraction of sp³-hybridized carbons (Fsp3) is 0.300. The average Bonchev–Trinajstić information content (AvgIpc) is 2.66. The van der Waals surface area contributed by atoms with E-state index in [1.54, 1.807) is 6.07 Å². The van der Waals surface area contributed by atoms with Crippen molar-refractivity contribution in [3.8, 4) is 17.6 Å². The average molecular weight is 210 g/mol. The molecule has 1 aliphatic rings. The summed E-state index contributed by atoms with van der Waals surface area (Å²) in [5.41, 5.74) is 1.42. The molecule has 1 aromatic carbocycles. The quantitative estimate of drug-likeness (QED) is 0.714. The third kappa shape index (κ3) is 1.19. The first-order valence-corrected chi connectivity index (χ1v) is 4.66. The van der Waals surface area contributed by atoms with Gasteiger partial charge in [0.2, 0.25) is 6.79 Å². The second-order valence-corrected chi connectivity index (χ2v) is 3.32. The maximum Gasteiger partial charge on any atom is 0.231 e. The molecule has 0 fully saturated rings. The van der Waals surface area contributed by atoms with Crippen molar-refractivity contribution in [3.63, 3.8) is 0 Å². The summed E-state index contributed by atoms with van der Waals surface area (Å²) in [6.45, 7) is 2.14. The SMILES string of the molecule is CCc1c(C#N)cc(Cl)c2c1OCO2. The number of nitrogens with zero attached hydrogens (tertiary/aromatic N) is 1. The molecule has 0 unspecified atom stereocenters. The fourth-order valence-electron chi connectivity index (χ4n) is 1.53. The summed E-state index contributed by atoms with van der Waals surface area (Å²) in [5.74, 6) is 1.18. The molecule has 14 heavy (non-hydrogen) atoms. The Hall–Kier alpha value is -1.40. The van der Waals surface area contributed by atoms with E-state index < -0.39 is 0 Å². The second kappa shape index (κ2) is 3.39. The van der Waals surface area contributed by atoms with Crippen LogP contribution in [0.15, 0.2) is 6.07 Å². The van der Waals surface area contributed by atoms with Gasteiger partial charge in [-0.3, -0.25) is 0 Å². The van der Waals surface area contributed by atoms with Crippen LogP contribution in [0, 0.1) is 11.3 Å². The molecule has 4 heteroatoms. The van der Waals surface area contributed by atoms with Crippen LogP contribution in [0.5, 0.6) is 11.5 Å². The van der Waals surface area contributed by atoms with E-state index in [1.165, 1.54) is 0 Å². The monoisotopic (exact) mass is 209 g/mol. The van der Waals surface area contributed by atoms with Crippen LogP contribution in [0.25, 0.3) is 0 Å². The topological polar surface area (TPSA) is 42.2 Å². The minimum atomic E-state index is 0.178. The first kappa shape index (κ1) is 9.17. The number of hydrogen-bond donors (Lipinski definition) is 0. The van der Waals surface area contributed by atoms with Gasteiger partial charge in [-0.15, -0.1) is 0 Å². The largest absolute Gasteiger partial charge is 0.453 e. The van der Waals surface area contributed by atoms with Crippen LogP contribution < -0.4 is 9.47 Å². The van der Waals surface area contributed by atoms with Gasteiger partial charge in [0, 0.05) is 5.56 Å². The highest BCUT2D eigenvalue weighted by Crippen LogP contribution is 2.43. The summed E-state index contributed by atoms with van der Waals surface area (Å²) in [4.78, 5) is 0. The molecule has 0 aliphatic carbocycles. The Morgan fingerprint density at radius 2 is 2.21 bits per heavy atom.